The highest BCUT2D eigenvalue weighted by molar-refractivity contribution is 6.30. The molecule has 0 bridgehead atoms. The fraction of sp³-hybridized carbons (Fsp3) is 0.500. The number of ether oxygens (including phenoxy) is 1. The molecular formula is C12H17ClN2O. The zero-order valence-electron chi connectivity index (χ0n) is 9.66. The Balaban J connectivity index is 2.30. The van der Waals surface area contributed by atoms with Crippen LogP contribution in [0.3, 0.4) is 0 Å². The fourth-order valence-corrected chi connectivity index (χ4v) is 2.28. The van der Waals surface area contributed by atoms with Crippen LogP contribution in [0.2, 0.25) is 5.02 Å². The molecule has 4 heteroatoms. The van der Waals surface area contributed by atoms with Crippen molar-refractivity contribution in [3.8, 4) is 5.75 Å². The molecule has 0 aromatic heterocycles. The van der Waals surface area contributed by atoms with E-state index in [1.165, 1.54) is 5.56 Å². The summed E-state index contributed by atoms with van der Waals surface area (Å²) in [6.07, 6.45) is 0. The van der Waals surface area contributed by atoms with E-state index in [0.29, 0.717) is 11.1 Å². The van der Waals surface area contributed by atoms with Gasteiger partial charge in [-0.25, -0.2) is 0 Å². The summed E-state index contributed by atoms with van der Waals surface area (Å²) in [7, 11) is 3.82. The van der Waals surface area contributed by atoms with Crippen molar-refractivity contribution in [2.75, 3.05) is 33.8 Å². The van der Waals surface area contributed by atoms with Crippen LogP contribution in [0, 0.1) is 0 Å². The Morgan fingerprint density at radius 3 is 3.00 bits per heavy atom. The van der Waals surface area contributed by atoms with Gasteiger partial charge in [0.05, 0.1) is 13.2 Å². The molecule has 1 fully saturated rings. The zero-order chi connectivity index (χ0) is 11.5. The van der Waals surface area contributed by atoms with Crippen LogP contribution in [0.15, 0.2) is 18.2 Å². The van der Waals surface area contributed by atoms with E-state index < -0.39 is 0 Å². The van der Waals surface area contributed by atoms with Gasteiger partial charge in [0, 0.05) is 30.2 Å². The first-order valence-electron chi connectivity index (χ1n) is 5.47. The van der Waals surface area contributed by atoms with Crippen LogP contribution < -0.4 is 10.1 Å². The minimum atomic E-state index is 0.362. The third-order valence-corrected chi connectivity index (χ3v) is 3.30. The Bertz CT molecular complexity index is 370. The van der Waals surface area contributed by atoms with Crippen molar-refractivity contribution in [2.45, 2.75) is 6.04 Å². The second-order valence-corrected chi connectivity index (χ2v) is 4.52. The quantitative estimate of drug-likeness (QED) is 0.855. The van der Waals surface area contributed by atoms with Gasteiger partial charge in [0.2, 0.25) is 0 Å². The molecule has 1 aliphatic heterocycles. The average Bonchev–Trinajstić information content (AvgIpc) is 2.30. The minimum absolute atomic E-state index is 0.362. The lowest BCUT2D eigenvalue weighted by Gasteiger charge is -2.34. The Morgan fingerprint density at radius 1 is 1.50 bits per heavy atom. The van der Waals surface area contributed by atoms with Gasteiger partial charge in [-0.3, -0.25) is 4.90 Å². The lowest BCUT2D eigenvalue weighted by atomic mass is 10.0. The molecule has 1 unspecified atom stereocenters. The lowest BCUT2D eigenvalue weighted by Crippen LogP contribution is -2.43. The molecule has 1 N–H and O–H groups in total. The Kier molecular flexibility index (Phi) is 3.69. The molecule has 1 atom stereocenters. The van der Waals surface area contributed by atoms with Crippen LogP contribution in [0.5, 0.6) is 5.75 Å². The van der Waals surface area contributed by atoms with Crippen molar-refractivity contribution in [1.29, 1.82) is 0 Å². The predicted molar refractivity (Wildman–Crippen MR) is 66.2 cm³/mol. The van der Waals surface area contributed by atoms with Gasteiger partial charge < -0.3 is 10.1 Å². The summed E-state index contributed by atoms with van der Waals surface area (Å²) < 4.78 is 5.39. The van der Waals surface area contributed by atoms with E-state index in [0.717, 1.165) is 25.4 Å². The van der Waals surface area contributed by atoms with Crippen LogP contribution in [-0.4, -0.2) is 38.7 Å². The van der Waals surface area contributed by atoms with E-state index in [2.05, 4.69) is 23.3 Å². The summed E-state index contributed by atoms with van der Waals surface area (Å²) in [5.41, 5.74) is 1.20. The number of rotatable bonds is 2. The number of methoxy groups -OCH3 is 1. The van der Waals surface area contributed by atoms with Gasteiger partial charge >= 0.3 is 0 Å². The van der Waals surface area contributed by atoms with E-state index in [-0.39, 0.29) is 0 Å². The van der Waals surface area contributed by atoms with Crippen LogP contribution in [0.1, 0.15) is 11.6 Å². The molecule has 1 aliphatic rings. The van der Waals surface area contributed by atoms with E-state index >= 15 is 0 Å². The van der Waals surface area contributed by atoms with Crippen LogP contribution in [0.25, 0.3) is 0 Å². The van der Waals surface area contributed by atoms with Gasteiger partial charge in [-0.2, -0.15) is 0 Å². The minimum Gasteiger partial charge on any atom is -0.496 e. The number of hydrogen-bond acceptors (Lipinski definition) is 3. The molecule has 2 rings (SSSR count). The van der Waals surface area contributed by atoms with Crippen molar-refractivity contribution in [2.24, 2.45) is 0 Å². The largest absolute Gasteiger partial charge is 0.496 e. The molecule has 0 spiro atoms. The third-order valence-electron chi connectivity index (χ3n) is 3.07. The average molecular weight is 241 g/mol. The second kappa shape index (κ2) is 5.04. The van der Waals surface area contributed by atoms with Gasteiger partial charge in [0.1, 0.15) is 5.75 Å². The predicted octanol–water partition coefficient (Wildman–Crippen LogP) is 1.92. The number of halogens is 1. The first-order valence-corrected chi connectivity index (χ1v) is 5.84. The lowest BCUT2D eigenvalue weighted by molar-refractivity contribution is 0.198. The molecule has 88 valence electrons. The van der Waals surface area contributed by atoms with Crippen molar-refractivity contribution in [3.63, 3.8) is 0 Å². The summed E-state index contributed by atoms with van der Waals surface area (Å²) in [6, 6.07) is 6.21. The Morgan fingerprint density at radius 2 is 2.31 bits per heavy atom. The Hall–Kier alpha value is -0.770. The molecule has 0 saturated carbocycles. The van der Waals surface area contributed by atoms with Crippen LogP contribution in [-0.2, 0) is 0 Å². The highest BCUT2D eigenvalue weighted by Gasteiger charge is 2.23. The first-order chi connectivity index (χ1) is 7.72. The zero-order valence-corrected chi connectivity index (χ0v) is 10.4. The maximum atomic E-state index is 5.96. The fourth-order valence-electron chi connectivity index (χ4n) is 2.11. The number of piperazine rings is 1. The molecule has 1 saturated heterocycles. The van der Waals surface area contributed by atoms with Crippen molar-refractivity contribution in [3.05, 3.63) is 28.8 Å². The summed E-state index contributed by atoms with van der Waals surface area (Å²) >= 11 is 5.96. The second-order valence-electron chi connectivity index (χ2n) is 4.09. The highest BCUT2D eigenvalue weighted by atomic mass is 35.5. The van der Waals surface area contributed by atoms with Crippen molar-refractivity contribution >= 4 is 11.6 Å². The van der Waals surface area contributed by atoms with Crippen molar-refractivity contribution in [1.82, 2.24) is 10.2 Å². The first kappa shape index (κ1) is 11.7. The standard InChI is InChI=1S/C12H17ClN2O/c1-15-6-5-14-8-11(15)10-4-3-9(13)7-12(10)16-2/h3-4,7,11,14H,5-6,8H2,1-2H3. The molecule has 1 aromatic carbocycles. The third kappa shape index (κ3) is 2.32. The van der Waals surface area contributed by atoms with Gasteiger partial charge in [0.25, 0.3) is 0 Å². The van der Waals surface area contributed by atoms with Crippen LogP contribution >= 0.6 is 11.6 Å². The molecule has 16 heavy (non-hydrogen) atoms. The highest BCUT2D eigenvalue weighted by Crippen LogP contribution is 2.31. The van der Waals surface area contributed by atoms with E-state index in [4.69, 9.17) is 16.3 Å². The molecule has 0 aliphatic carbocycles. The summed E-state index contributed by atoms with van der Waals surface area (Å²) in [4.78, 5) is 2.34. The maximum Gasteiger partial charge on any atom is 0.125 e. The van der Waals surface area contributed by atoms with Gasteiger partial charge in [-0.1, -0.05) is 17.7 Å². The van der Waals surface area contributed by atoms with E-state index in [1.54, 1.807) is 7.11 Å². The molecular weight excluding hydrogens is 224 g/mol. The van der Waals surface area contributed by atoms with Crippen molar-refractivity contribution < 1.29 is 4.74 Å². The van der Waals surface area contributed by atoms with Gasteiger partial charge in [0.15, 0.2) is 0 Å². The number of hydrogen-bond donors (Lipinski definition) is 1. The SMILES string of the molecule is COc1cc(Cl)ccc1C1CNCCN1C. The smallest absolute Gasteiger partial charge is 0.125 e. The number of benzene rings is 1. The van der Waals surface area contributed by atoms with E-state index in [1.807, 2.05) is 12.1 Å². The van der Waals surface area contributed by atoms with Gasteiger partial charge in [-0.05, 0) is 19.2 Å². The molecule has 1 aromatic rings. The normalized spacial score (nSPS) is 22.1. The summed E-state index contributed by atoms with van der Waals surface area (Å²) in [5, 5.41) is 4.11. The number of nitrogens with one attached hydrogen (secondary N) is 1. The number of nitrogens with zero attached hydrogens (tertiary/aromatic N) is 1. The molecule has 3 nitrogen and oxygen atoms in total. The van der Waals surface area contributed by atoms with Gasteiger partial charge in [-0.15, -0.1) is 0 Å². The summed E-state index contributed by atoms with van der Waals surface area (Å²) in [6.45, 7) is 3.05. The summed E-state index contributed by atoms with van der Waals surface area (Å²) in [5.74, 6) is 0.869. The van der Waals surface area contributed by atoms with E-state index in [9.17, 15) is 0 Å². The number of likely N-dealkylation sites (N-methyl/N-ethyl adjacent to an activating group) is 1. The molecule has 1 heterocycles. The Labute approximate surface area is 101 Å². The molecule has 0 radical (unpaired) electrons. The monoisotopic (exact) mass is 240 g/mol. The maximum absolute atomic E-state index is 5.96. The molecule has 0 amide bonds. The van der Waals surface area contributed by atoms with Crippen LogP contribution in [0.4, 0.5) is 0 Å². The topological polar surface area (TPSA) is 24.5 Å².